The lowest BCUT2D eigenvalue weighted by atomic mass is 10.1. The van der Waals surface area contributed by atoms with Crippen molar-refractivity contribution < 1.29 is 18.1 Å². The number of benzene rings is 2. The monoisotopic (exact) mass is 408 g/mol. The van der Waals surface area contributed by atoms with Crippen LogP contribution in [0.1, 0.15) is 5.56 Å². The number of rotatable bonds is 3. The molecule has 0 heterocycles. The summed E-state index contributed by atoms with van der Waals surface area (Å²) in [6.07, 6.45) is -4.47. The van der Waals surface area contributed by atoms with Crippen molar-refractivity contribution in [2.75, 3.05) is 5.32 Å². The lowest BCUT2D eigenvalue weighted by Gasteiger charge is -2.14. The summed E-state index contributed by atoms with van der Waals surface area (Å²) in [7, 11) is 0. The maximum atomic E-state index is 12.9. The van der Waals surface area contributed by atoms with Gasteiger partial charge in [-0.1, -0.05) is 12.1 Å². The van der Waals surface area contributed by atoms with Crippen LogP contribution in [0.15, 0.2) is 42.5 Å². The molecule has 0 saturated heterocycles. The largest absolute Gasteiger partial charge is 0.418 e. The topological polar surface area (TPSA) is 55.2 Å². The van der Waals surface area contributed by atoms with E-state index < -0.39 is 16.7 Å². The first kappa shape index (κ1) is 15.5. The minimum absolute atomic E-state index is 0.0924. The fourth-order valence-corrected chi connectivity index (χ4v) is 2.44. The third-order valence-electron chi connectivity index (χ3n) is 2.66. The zero-order chi connectivity index (χ0) is 15.6. The second-order valence-electron chi connectivity index (χ2n) is 4.09. The maximum Gasteiger partial charge on any atom is 0.418 e. The molecule has 0 aliphatic carbocycles. The molecule has 2 aromatic carbocycles. The normalized spacial score (nSPS) is 11.2. The van der Waals surface area contributed by atoms with E-state index in [2.05, 4.69) is 5.32 Å². The zero-order valence-electron chi connectivity index (χ0n) is 10.3. The number of para-hydroxylation sites is 1. The molecule has 0 saturated carbocycles. The molecule has 0 bridgehead atoms. The molecule has 0 unspecified atom stereocenters. The van der Waals surface area contributed by atoms with Crippen molar-refractivity contribution in [3.05, 3.63) is 61.7 Å². The number of nitro groups is 1. The van der Waals surface area contributed by atoms with Crippen LogP contribution in [0.5, 0.6) is 0 Å². The standard InChI is InChI=1S/C13H8F3IN2O2/c14-13(15,16)9-3-1-2-4-11(9)18-8-5-6-12(19(20)21)10(17)7-8/h1-7,18H. The van der Waals surface area contributed by atoms with Gasteiger partial charge in [-0.3, -0.25) is 10.1 Å². The van der Waals surface area contributed by atoms with Gasteiger partial charge in [0.25, 0.3) is 5.69 Å². The molecule has 1 N–H and O–H groups in total. The van der Waals surface area contributed by atoms with Crippen LogP contribution < -0.4 is 5.32 Å². The van der Waals surface area contributed by atoms with E-state index in [1.807, 2.05) is 0 Å². The van der Waals surface area contributed by atoms with E-state index in [0.29, 0.717) is 9.26 Å². The summed E-state index contributed by atoms with van der Waals surface area (Å²) in [6, 6.07) is 9.09. The Hall–Kier alpha value is -1.84. The summed E-state index contributed by atoms with van der Waals surface area (Å²) in [5, 5.41) is 13.3. The summed E-state index contributed by atoms with van der Waals surface area (Å²) in [5.41, 5.74) is -0.639. The number of alkyl halides is 3. The summed E-state index contributed by atoms with van der Waals surface area (Å²) in [6.45, 7) is 0. The van der Waals surface area contributed by atoms with Crippen LogP contribution in [0.4, 0.5) is 30.2 Å². The van der Waals surface area contributed by atoms with Crippen LogP contribution in [0.2, 0.25) is 0 Å². The lowest BCUT2D eigenvalue weighted by molar-refractivity contribution is -0.385. The molecule has 0 radical (unpaired) electrons. The van der Waals surface area contributed by atoms with Crippen molar-refractivity contribution in [1.29, 1.82) is 0 Å². The van der Waals surface area contributed by atoms with Gasteiger partial charge in [0.1, 0.15) is 0 Å². The molecule has 4 nitrogen and oxygen atoms in total. The van der Waals surface area contributed by atoms with Gasteiger partial charge in [-0.2, -0.15) is 13.2 Å². The first-order chi connectivity index (χ1) is 9.79. The SMILES string of the molecule is O=[N+]([O-])c1ccc(Nc2ccccc2C(F)(F)F)cc1I. The molecule has 8 heteroatoms. The Bertz CT molecular complexity index is 689. The molecule has 110 valence electrons. The lowest BCUT2D eigenvalue weighted by Crippen LogP contribution is -2.08. The molecule has 21 heavy (non-hydrogen) atoms. The third-order valence-corrected chi connectivity index (χ3v) is 3.52. The molecule has 0 amide bonds. The van der Waals surface area contributed by atoms with Crippen LogP contribution in [0.25, 0.3) is 0 Å². The Morgan fingerprint density at radius 1 is 1.14 bits per heavy atom. The first-order valence-electron chi connectivity index (χ1n) is 5.66. The molecule has 0 spiro atoms. The Morgan fingerprint density at radius 3 is 2.38 bits per heavy atom. The summed E-state index contributed by atoms with van der Waals surface area (Å²) in [5.74, 6) is 0. The van der Waals surface area contributed by atoms with E-state index in [0.717, 1.165) is 6.07 Å². The maximum absolute atomic E-state index is 12.9. The van der Waals surface area contributed by atoms with E-state index in [1.54, 1.807) is 22.6 Å². The van der Waals surface area contributed by atoms with Crippen LogP contribution in [-0.4, -0.2) is 4.92 Å². The second kappa shape index (κ2) is 5.88. The van der Waals surface area contributed by atoms with Crippen molar-refractivity contribution in [3.63, 3.8) is 0 Å². The van der Waals surface area contributed by atoms with Gasteiger partial charge in [0.05, 0.1) is 19.7 Å². The van der Waals surface area contributed by atoms with Gasteiger partial charge >= 0.3 is 6.18 Å². The van der Waals surface area contributed by atoms with E-state index in [-0.39, 0.29) is 11.4 Å². The highest BCUT2D eigenvalue weighted by atomic mass is 127. The van der Waals surface area contributed by atoms with Crippen molar-refractivity contribution in [1.82, 2.24) is 0 Å². The van der Waals surface area contributed by atoms with E-state index in [4.69, 9.17) is 0 Å². The summed E-state index contributed by atoms with van der Waals surface area (Å²) in [4.78, 5) is 10.2. The number of hydrogen-bond acceptors (Lipinski definition) is 3. The van der Waals surface area contributed by atoms with Gasteiger partial charge in [0, 0.05) is 11.8 Å². The zero-order valence-corrected chi connectivity index (χ0v) is 12.5. The third kappa shape index (κ3) is 3.63. The highest BCUT2D eigenvalue weighted by Crippen LogP contribution is 2.36. The molecular weight excluding hydrogens is 400 g/mol. The van der Waals surface area contributed by atoms with E-state index in [1.165, 1.54) is 36.4 Å². The number of nitrogens with zero attached hydrogens (tertiary/aromatic N) is 1. The molecule has 0 atom stereocenters. The van der Waals surface area contributed by atoms with Crippen molar-refractivity contribution in [2.45, 2.75) is 6.18 Å². The average Bonchev–Trinajstić information content (AvgIpc) is 2.37. The molecule has 2 aromatic rings. The van der Waals surface area contributed by atoms with Gasteiger partial charge in [-0.15, -0.1) is 0 Å². The van der Waals surface area contributed by atoms with Gasteiger partial charge < -0.3 is 5.32 Å². The highest BCUT2D eigenvalue weighted by molar-refractivity contribution is 14.1. The van der Waals surface area contributed by atoms with Crippen molar-refractivity contribution in [2.24, 2.45) is 0 Å². The Balaban J connectivity index is 2.35. The Morgan fingerprint density at radius 2 is 1.81 bits per heavy atom. The highest BCUT2D eigenvalue weighted by Gasteiger charge is 2.33. The van der Waals surface area contributed by atoms with Crippen LogP contribution in [0.3, 0.4) is 0 Å². The van der Waals surface area contributed by atoms with Crippen LogP contribution in [0, 0.1) is 13.7 Å². The van der Waals surface area contributed by atoms with Gasteiger partial charge in [0.2, 0.25) is 0 Å². The first-order valence-corrected chi connectivity index (χ1v) is 6.74. The van der Waals surface area contributed by atoms with Gasteiger partial charge in [-0.25, -0.2) is 0 Å². The molecule has 2 rings (SSSR count). The molecule has 0 aliphatic heterocycles. The van der Waals surface area contributed by atoms with Crippen LogP contribution >= 0.6 is 22.6 Å². The number of nitro benzene ring substituents is 1. The predicted molar refractivity (Wildman–Crippen MR) is 80.5 cm³/mol. The minimum atomic E-state index is -4.47. The average molecular weight is 408 g/mol. The molecule has 0 aromatic heterocycles. The molecule has 0 aliphatic rings. The minimum Gasteiger partial charge on any atom is -0.355 e. The fourth-order valence-electron chi connectivity index (χ4n) is 1.73. The number of nitrogens with one attached hydrogen (secondary N) is 1. The van der Waals surface area contributed by atoms with E-state index in [9.17, 15) is 23.3 Å². The quantitative estimate of drug-likeness (QED) is 0.444. The summed E-state index contributed by atoms with van der Waals surface area (Å²) >= 11 is 1.76. The number of hydrogen-bond donors (Lipinski definition) is 1. The fraction of sp³-hybridized carbons (Fsp3) is 0.0769. The molecular formula is C13H8F3IN2O2. The van der Waals surface area contributed by atoms with Crippen LogP contribution in [-0.2, 0) is 6.18 Å². The summed E-state index contributed by atoms with van der Waals surface area (Å²) < 4.78 is 38.9. The smallest absolute Gasteiger partial charge is 0.355 e. The van der Waals surface area contributed by atoms with Gasteiger partial charge in [0.15, 0.2) is 0 Å². The number of anilines is 2. The Labute approximate surface area is 131 Å². The second-order valence-corrected chi connectivity index (χ2v) is 5.25. The predicted octanol–water partition coefficient (Wildman–Crippen LogP) is 4.96. The van der Waals surface area contributed by atoms with Crippen molar-refractivity contribution in [3.8, 4) is 0 Å². The Kier molecular flexibility index (Phi) is 4.35. The van der Waals surface area contributed by atoms with Crippen molar-refractivity contribution >= 4 is 39.7 Å². The van der Waals surface area contributed by atoms with E-state index >= 15 is 0 Å². The molecule has 0 fully saturated rings. The van der Waals surface area contributed by atoms with Gasteiger partial charge in [-0.05, 0) is 46.9 Å². The number of halogens is 4.